The molecule has 0 aromatic heterocycles. The quantitative estimate of drug-likeness (QED) is 0.537. The van der Waals surface area contributed by atoms with Crippen molar-refractivity contribution in [3.63, 3.8) is 0 Å². The molecule has 0 heterocycles. The highest BCUT2D eigenvalue weighted by Gasteiger charge is 2.33. The van der Waals surface area contributed by atoms with Gasteiger partial charge in [0.1, 0.15) is 6.61 Å². The van der Waals surface area contributed by atoms with Gasteiger partial charge in [0.05, 0.1) is 5.92 Å². The van der Waals surface area contributed by atoms with Crippen molar-refractivity contribution >= 4 is 18.0 Å². The summed E-state index contributed by atoms with van der Waals surface area (Å²) in [7, 11) is 0. The second-order valence-electron chi connectivity index (χ2n) is 9.09. The summed E-state index contributed by atoms with van der Waals surface area (Å²) in [5.74, 6) is -1.15. The van der Waals surface area contributed by atoms with Crippen LogP contribution in [0.25, 0.3) is 11.1 Å². The van der Waals surface area contributed by atoms with E-state index in [4.69, 9.17) is 9.84 Å². The van der Waals surface area contributed by atoms with Crippen LogP contribution in [0.3, 0.4) is 0 Å². The van der Waals surface area contributed by atoms with Gasteiger partial charge >= 0.3 is 12.1 Å². The average Bonchev–Trinajstić information content (AvgIpc) is 3.10. The molecule has 0 spiro atoms. The van der Waals surface area contributed by atoms with E-state index in [0.717, 1.165) is 12.8 Å². The maximum atomic E-state index is 12.4. The third kappa shape index (κ3) is 5.35. The molecule has 0 radical (unpaired) electrons. The summed E-state index contributed by atoms with van der Waals surface area (Å²) in [6.07, 6.45) is 1.86. The van der Waals surface area contributed by atoms with Crippen LogP contribution in [0.5, 0.6) is 0 Å². The van der Waals surface area contributed by atoms with Gasteiger partial charge in [-0.25, -0.2) is 4.79 Å². The first-order chi connectivity index (χ1) is 15.9. The first kappa shape index (κ1) is 22.8. The van der Waals surface area contributed by atoms with Gasteiger partial charge in [0.2, 0.25) is 5.91 Å². The summed E-state index contributed by atoms with van der Waals surface area (Å²) in [6.45, 7) is 2.27. The van der Waals surface area contributed by atoms with Crippen molar-refractivity contribution in [1.29, 1.82) is 0 Å². The number of carboxylic acids is 1. The molecule has 0 bridgehead atoms. The molecule has 2 amide bonds. The predicted molar refractivity (Wildman–Crippen MR) is 124 cm³/mol. The number of amides is 2. The van der Waals surface area contributed by atoms with E-state index >= 15 is 0 Å². The van der Waals surface area contributed by atoms with Gasteiger partial charge in [-0.3, -0.25) is 9.59 Å². The number of ether oxygens (including phenoxy) is 1. The Balaban J connectivity index is 1.17. The predicted octanol–water partition coefficient (Wildman–Crippen LogP) is 3.92. The zero-order valence-electron chi connectivity index (χ0n) is 18.8. The Morgan fingerprint density at radius 1 is 1.03 bits per heavy atom. The summed E-state index contributed by atoms with van der Waals surface area (Å²) < 4.78 is 5.58. The first-order valence-electron chi connectivity index (χ1n) is 11.5. The number of nitrogens with one attached hydrogen (secondary N) is 2. The van der Waals surface area contributed by atoms with E-state index in [-0.39, 0.29) is 30.4 Å². The van der Waals surface area contributed by atoms with E-state index in [1.54, 1.807) is 6.92 Å². The maximum absolute atomic E-state index is 12.4. The van der Waals surface area contributed by atoms with Crippen LogP contribution in [-0.2, 0) is 14.3 Å². The van der Waals surface area contributed by atoms with E-state index in [1.165, 1.54) is 22.3 Å². The number of carbonyl (C=O) groups excluding carboxylic acids is 2. The van der Waals surface area contributed by atoms with E-state index in [9.17, 15) is 14.4 Å². The molecule has 174 valence electrons. The zero-order valence-corrected chi connectivity index (χ0v) is 18.8. The minimum atomic E-state index is -0.856. The van der Waals surface area contributed by atoms with Gasteiger partial charge in [0, 0.05) is 24.9 Å². The number of benzene rings is 2. The molecule has 4 rings (SSSR count). The van der Waals surface area contributed by atoms with Crippen LogP contribution in [0.4, 0.5) is 4.79 Å². The van der Waals surface area contributed by atoms with Gasteiger partial charge in [0.25, 0.3) is 0 Å². The summed E-state index contributed by atoms with van der Waals surface area (Å²) in [6, 6.07) is 16.5. The molecule has 2 aromatic carbocycles. The maximum Gasteiger partial charge on any atom is 0.407 e. The van der Waals surface area contributed by atoms with Crippen molar-refractivity contribution in [2.24, 2.45) is 11.8 Å². The minimum absolute atomic E-state index is 0.0190. The van der Waals surface area contributed by atoms with Gasteiger partial charge in [-0.05, 0) is 47.4 Å². The Hall–Kier alpha value is -3.35. The second-order valence-corrected chi connectivity index (χ2v) is 9.09. The highest BCUT2D eigenvalue weighted by atomic mass is 16.5. The molecule has 7 nitrogen and oxygen atoms in total. The smallest absolute Gasteiger partial charge is 0.407 e. The van der Waals surface area contributed by atoms with Gasteiger partial charge in [-0.1, -0.05) is 55.5 Å². The number of carboxylic acid groups (broad SMARTS) is 1. The highest BCUT2D eigenvalue weighted by Crippen LogP contribution is 2.44. The van der Waals surface area contributed by atoms with Crippen LogP contribution < -0.4 is 10.6 Å². The van der Waals surface area contributed by atoms with Crippen molar-refractivity contribution in [3.8, 4) is 11.1 Å². The Labute approximate surface area is 193 Å². The molecule has 1 saturated carbocycles. The number of alkyl carbamates (subject to hydrolysis) is 1. The number of aliphatic carboxylic acids is 1. The van der Waals surface area contributed by atoms with Gasteiger partial charge in [-0.15, -0.1) is 0 Å². The van der Waals surface area contributed by atoms with Crippen LogP contribution in [-0.4, -0.2) is 42.3 Å². The lowest BCUT2D eigenvalue weighted by Crippen LogP contribution is -2.46. The molecule has 7 heteroatoms. The Bertz CT molecular complexity index is 985. The molecule has 2 aromatic rings. The number of hydrogen-bond acceptors (Lipinski definition) is 4. The number of fused-ring (bicyclic) bond motifs is 3. The summed E-state index contributed by atoms with van der Waals surface area (Å²) in [5.41, 5.74) is 4.75. The highest BCUT2D eigenvalue weighted by molar-refractivity contribution is 5.79. The SMILES string of the molecule is CC(CCNC(=O)CC1CC(NC(=O)OCC2c3ccccc3-c3ccccc32)C1)C(=O)O. The fraction of sp³-hybridized carbons (Fsp3) is 0.423. The lowest BCUT2D eigenvalue weighted by Gasteiger charge is -2.35. The molecule has 3 N–H and O–H groups in total. The minimum Gasteiger partial charge on any atom is -0.481 e. The largest absolute Gasteiger partial charge is 0.481 e. The van der Waals surface area contributed by atoms with Crippen LogP contribution in [0, 0.1) is 11.8 Å². The van der Waals surface area contributed by atoms with Gasteiger partial charge < -0.3 is 20.5 Å². The monoisotopic (exact) mass is 450 g/mol. The third-order valence-corrected chi connectivity index (χ3v) is 6.70. The molecule has 1 unspecified atom stereocenters. The average molecular weight is 451 g/mol. The molecule has 1 atom stereocenters. The molecular weight excluding hydrogens is 420 g/mol. The van der Waals surface area contributed by atoms with E-state index in [0.29, 0.717) is 19.4 Å². The van der Waals surface area contributed by atoms with Crippen LogP contribution in [0.1, 0.15) is 49.7 Å². The van der Waals surface area contributed by atoms with Crippen molar-refractivity contribution < 1.29 is 24.2 Å². The molecule has 0 saturated heterocycles. The zero-order chi connectivity index (χ0) is 23.4. The molecule has 2 aliphatic carbocycles. The summed E-state index contributed by atoms with van der Waals surface area (Å²) in [5, 5.41) is 14.6. The third-order valence-electron chi connectivity index (χ3n) is 6.70. The van der Waals surface area contributed by atoms with Crippen LogP contribution >= 0.6 is 0 Å². The molecular formula is C26H30N2O5. The van der Waals surface area contributed by atoms with Crippen molar-refractivity contribution in [2.75, 3.05) is 13.2 Å². The van der Waals surface area contributed by atoms with E-state index < -0.39 is 18.0 Å². The molecule has 0 aliphatic heterocycles. The number of hydrogen-bond donors (Lipinski definition) is 3. The van der Waals surface area contributed by atoms with E-state index in [1.807, 2.05) is 24.3 Å². The lowest BCUT2D eigenvalue weighted by molar-refractivity contribution is -0.141. The molecule has 1 fully saturated rings. The normalized spacial score (nSPS) is 19.5. The summed E-state index contributed by atoms with van der Waals surface area (Å²) >= 11 is 0. The lowest BCUT2D eigenvalue weighted by atomic mass is 9.78. The van der Waals surface area contributed by atoms with Gasteiger partial charge in [0.15, 0.2) is 0 Å². The summed E-state index contributed by atoms with van der Waals surface area (Å²) in [4.78, 5) is 35.2. The van der Waals surface area contributed by atoms with Crippen molar-refractivity contribution in [3.05, 3.63) is 59.7 Å². The number of carbonyl (C=O) groups is 3. The Morgan fingerprint density at radius 3 is 2.24 bits per heavy atom. The molecule has 33 heavy (non-hydrogen) atoms. The van der Waals surface area contributed by atoms with Gasteiger partial charge in [-0.2, -0.15) is 0 Å². The topological polar surface area (TPSA) is 105 Å². The standard InChI is InChI=1S/C26H30N2O5/c1-16(25(30)31)10-11-27-24(29)14-17-12-18(13-17)28-26(32)33-15-23-21-8-4-2-6-19(21)20-7-3-5-9-22(20)23/h2-9,16-18,23H,10-15H2,1H3,(H,27,29)(H,28,32)(H,30,31). The van der Waals surface area contributed by atoms with Crippen molar-refractivity contribution in [2.45, 2.75) is 44.6 Å². The Morgan fingerprint density at radius 2 is 1.64 bits per heavy atom. The fourth-order valence-electron chi connectivity index (χ4n) is 4.71. The van der Waals surface area contributed by atoms with E-state index in [2.05, 4.69) is 34.9 Å². The van der Waals surface area contributed by atoms with Crippen LogP contribution in [0.2, 0.25) is 0 Å². The fourth-order valence-corrected chi connectivity index (χ4v) is 4.71. The first-order valence-corrected chi connectivity index (χ1v) is 11.5. The second kappa shape index (κ2) is 10.1. The Kier molecular flexibility index (Phi) is 6.96. The van der Waals surface area contributed by atoms with Crippen molar-refractivity contribution in [1.82, 2.24) is 10.6 Å². The van der Waals surface area contributed by atoms with Crippen LogP contribution in [0.15, 0.2) is 48.5 Å². The number of rotatable bonds is 9. The molecule has 2 aliphatic rings.